The fraction of sp³-hybridized carbons (Fsp3) is 0.467. The molecule has 0 saturated carbocycles. The van der Waals surface area contributed by atoms with Gasteiger partial charge in [0.15, 0.2) is 5.82 Å². The van der Waals surface area contributed by atoms with Gasteiger partial charge in [0.2, 0.25) is 0 Å². The molecule has 2 aromatic rings. The summed E-state index contributed by atoms with van der Waals surface area (Å²) in [6, 6.07) is 3.77. The number of hydrogen-bond acceptors (Lipinski definition) is 5. The van der Waals surface area contributed by atoms with Crippen molar-refractivity contribution in [3.8, 4) is 5.75 Å². The van der Waals surface area contributed by atoms with Crippen LogP contribution in [0.4, 0.5) is 14.9 Å². The van der Waals surface area contributed by atoms with E-state index in [0.29, 0.717) is 24.5 Å². The molecule has 1 aliphatic heterocycles. The van der Waals surface area contributed by atoms with E-state index in [1.165, 1.54) is 25.3 Å². The van der Waals surface area contributed by atoms with Crippen LogP contribution in [0.25, 0.3) is 0 Å². The van der Waals surface area contributed by atoms with Gasteiger partial charge in [0.05, 0.1) is 12.8 Å². The summed E-state index contributed by atoms with van der Waals surface area (Å²) in [5.74, 6) is 0.451. The largest absolute Gasteiger partial charge is 0.494 e. The first-order chi connectivity index (χ1) is 11.7. The van der Waals surface area contributed by atoms with E-state index < -0.39 is 5.82 Å². The molecule has 1 atom stereocenters. The van der Waals surface area contributed by atoms with Crippen LogP contribution in [-0.4, -0.2) is 51.3 Å². The van der Waals surface area contributed by atoms with E-state index in [1.54, 1.807) is 4.90 Å². The Hall–Kier alpha value is -2.71. The van der Waals surface area contributed by atoms with E-state index in [2.05, 4.69) is 25.9 Å². The summed E-state index contributed by atoms with van der Waals surface area (Å²) in [6.07, 6.45) is 3.41. The average molecular weight is 334 g/mol. The van der Waals surface area contributed by atoms with Gasteiger partial charge in [0, 0.05) is 25.1 Å². The Bertz CT molecular complexity index is 693. The molecular formula is C15H19FN6O2. The number of hydrogen-bond donors (Lipinski definition) is 2. The van der Waals surface area contributed by atoms with E-state index in [-0.39, 0.29) is 17.8 Å². The van der Waals surface area contributed by atoms with Crippen molar-refractivity contribution in [1.29, 1.82) is 0 Å². The second kappa shape index (κ2) is 7.24. The van der Waals surface area contributed by atoms with Crippen molar-refractivity contribution < 1.29 is 13.9 Å². The number of aromatic nitrogens is 4. The van der Waals surface area contributed by atoms with Crippen LogP contribution in [0.15, 0.2) is 18.2 Å². The molecule has 9 heteroatoms. The number of nitrogens with one attached hydrogen (secondary N) is 2. The quantitative estimate of drug-likeness (QED) is 0.891. The molecule has 0 radical (unpaired) electrons. The molecule has 8 nitrogen and oxygen atoms in total. The molecule has 1 aliphatic rings. The van der Waals surface area contributed by atoms with Crippen molar-refractivity contribution in [1.82, 2.24) is 25.5 Å². The maximum atomic E-state index is 13.3. The number of ether oxygens (including phenoxy) is 1. The van der Waals surface area contributed by atoms with Gasteiger partial charge in [0.25, 0.3) is 0 Å². The zero-order valence-corrected chi connectivity index (χ0v) is 13.3. The topological polar surface area (TPSA) is 96.0 Å². The fourth-order valence-electron chi connectivity index (χ4n) is 2.92. The number of halogens is 1. The Morgan fingerprint density at radius 3 is 3.12 bits per heavy atom. The molecule has 2 amide bonds. The monoisotopic (exact) mass is 334 g/mol. The summed E-state index contributed by atoms with van der Waals surface area (Å²) in [7, 11) is 1.43. The number of rotatable bonds is 4. The van der Waals surface area contributed by atoms with Crippen molar-refractivity contribution in [2.24, 2.45) is 0 Å². The predicted molar refractivity (Wildman–Crippen MR) is 84.2 cm³/mol. The standard InChI is InChI=1S/C15H19FN6O2/c1-24-13-8-10(16)5-6-12(13)17-15(23)22-7-3-2-4-11(22)9-14-18-20-21-19-14/h5-6,8,11H,2-4,7,9H2,1H3,(H,17,23)(H,18,19,20,21). The lowest BCUT2D eigenvalue weighted by Gasteiger charge is -2.35. The van der Waals surface area contributed by atoms with Crippen molar-refractivity contribution in [2.75, 3.05) is 19.0 Å². The van der Waals surface area contributed by atoms with Crippen molar-refractivity contribution in [3.63, 3.8) is 0 Å². The van der Waals surface area contributed by atoms with Gasteiger partial charge in [-0.25, -0.2) is 9.18 Å². The number of amides is 2. The highest BCUT2D eigenvalue weighted by Crippen LogP contribution is 2.27. The summed E-state index contributed by atoms with van der Waals surface area (Å²) < 4.78 is 18.4. The van der Waals surface area contributed by atoms with Crippen LogP contribution in [0.1, 0.15) is 25.1 Å². The van der Waals surface area contributed by atoms with Gasteiger partial charge >= 0.3 is 6.03 Å². The van der Waals surface area contributed by atoms with Gasteiger partial charge in [-0.3, -0.25) is 0 Å². The summed E-state index contributed by atoms with van der Waals surface area (Å²) in [5.41, 5.74) is 0.438. The molecule has 0 spiro atoms. The lowest BCUT2D eigenvalue weighted by Crippen LogP contribution is -2.47. The molecule has 1 unspecified atom stereocenters. The van der Waals surface area contributed by atoms with Gasteiger partial charge in [-0.1, -0.05) is 5.21 Å². The summed E-state index contributed by atoms with van der Waals surface area (Å²) in [5, 5.41) is 16.7. The number of anilines is 1. The lowest BCUT2D eigenvalue weighted by molar-refractivity contribution is 0.161. The van der Waals surface area contributed by atoms with Crippen LogP contribution in [0.5, 0.6) is 5.75 Å². The van der Waals surface area contributed by atoms with E-state index in [9.17, 15) is 9.18 Å². The number of carbonyl (C=O) groups excluding carboxylic acids is 1. The number of aromatic amines is 1. The van der Waals surface area contributed by atoms with E-state index >= 15 is 0 Å². The fourth-order valence-corrected chi connectivity index (χ4v) is 2.92. The average Bonchev–Trinajstić information content (AvgIpc) is 3.10. The number of carbonyl (C=O) groups is 1. The first kappa shape index (κ1) is 16.2. The predicted octanol–water partition coefficient (Wildman–Crippen LogP) is 1.98. The normalized spacial score (nSPS) is 17.6. The van der Waals surface area contributed by atoms with E-state index in [0.717, 1.165) is 19.3 Å². The summed E-state index contributed by atoms with van der Waals surface area (Å²) in [4.78, 5) is 14.4. The highest BCUT2D eigenvalue weighted by Gasteiger charge is 2.28. The minimum Gasteiger partial charge on any atom is -0.494 e. The van der Waals surface area contributed by atoms with Gasteiger partial charge in [0.1, 0.15) is 11.6 Å². The Labute approximate surface area is 138 Å². The maximum absolute atomic E-state index is 13.3. The lowest BCUT2D eigenvalue weighted by atomic mass is 9.99. The Morgan fingerprint density at radius 1 is 1.50 bits per heavy atom. The van der Waals surface area contributed by atoms with Crippen molar-refractivity contribution in [2.45, 2.75) is 31.7 Å². The number of nitrogens with zero attached hydrogens (tertiary/aromatic N) is 4. The van der Waals surface area contributed by atoms with Crippen LogP contribution in [0.2, 0.25) is 0 Å². The van der Waals surface area contributed by atoms with Crippen LogP contribution in [0.3, 0.4) is 0 Å². The number of piperidine rings is 1. The third-order valence-electron chi connectivity index (χ3n) is 4.10. The summed E-state index contributed by atoms with van der Waals surface area (Å²) in [6.45, 7) is 0.651. The number of urea groups is 1. The third kappa shape index (κ3) is 3.61. The second-order valence-corrected chi connectivity index (χ2v) is 5.65. The molecule has 2 N–H and O–H groups in total. The molecule has 2 heterocycles. The number of tetrazole rings is 1. The number of likely N-dealkylation sites (tertiary alicyclic amines) is 1. The molecular weight excluding hydrogens is 315 g/mol. The van der Waals surface area contributed by atoms with Gasteiger partial charge in [-0.2, -0.15) is 5.21 Å². The zero-order chi connectivity index (χ0) is 16.9. The Morgan fingerprint density at radius 2 is 2.38 bits per heavy atom. The molecule has 0 aliphatic carbocycles. The number of methoxy groups -OCH3 is 1. The number of H-pyrrole nitrogens is 1. The van der Waals surface area contributed by atoms with Crippen LogP contribution in [-0.2, 0) is 6.42 Å². The van der Waals surface area contributed by atoms with Crippen LogP contribution < -0.4 is 10.1 Å². The summed E-state index contributed by atoms with van der Waals surface area (Å²) >= 11 is 0. The van der Waals surface area contributed by atoms with E-state index in [1.807, 2.05) is 0 Å². The molecule has 1 saturated heterocycles. The molecule has 1 aromatic heterocycles. The second-order valence-electron chi connectivity index (χ2n) is 5.65. The minimum absolute atomic E-state index is 0.00259. The van der Waals surface area contributed by atoms with Gasteiger partial charge < -0.3 is 15.0 Å². The highest BCUT2D eigenvalue weighted by atomic mass is 19.1. The van der Waals surface area contributed by atoms with E-state index in [4.69, 9.17) is 4.74 Å². The highest BCUT2D eigenvalue weighted by molar-refractivity contribution is 5.91. The zero-order valence-electron chi connectivity index (χ0n) is 13.3. The Balaban J connectivity index is 1.72. The van der Waals surface area contributed by atoms with Crippen LogP contribution >= 0.6 is 0 Å². The smallest absolute Gasteiger partial charge is 0.322 e. The SMILES string of the molecule is COc1cc(F)ccc1NC(=O)N1CCCCC1Cc1nn[nH]n1. The molecule has 128 valence electrons. The Kier molecular flexibility index (Phi) is 4.88. The number of benzene rings is 1. The molecule has 24 heavy (non-hydrogen) atoms. The van der Waals surface area contributed by atoms with Crippen molar-refractivity contribution in [3.05, 3.63) is 29.8 Å². The first-order valence-electron chi connectivity index (χ1n) is 7.81. The van der Waals surface area contributed by atoms with Crippen LogP contribution in [0, 0.1) is 5.82 Å². The minimum atomic E-state index is -0.419. The molecule has 0 bridgehead atoms. The third-order valence-corrected chi connectivity index (χ3v) is 4.10. The van der Waals surface area contributed by atoms with Gasteiger partial charge in [-0.15, -0.1) is 10.2 Å². The molecule has 1 fully saturated rings. The molecule has 3 rings (SSSR count). The van der Waals surface area contributed by atoms with Gasteiger partial charge in [-0.05, 0) is 31.4 Å². The maximum Gasteiger partial charge on any atom is 0.322 e. The molecule has 1 aromatic carbocycles. The first-order valence-corrected chi connectivity index (χ1v) is 7.81. The van der Waals surface area contributed by atoms with Crippen molar-refractivity contribution >= 4 is 11.7 Å².